The Labute approximate surface area is 174 Å². The Morgan fingerprint density at radius 1 is 0.933 bits per heavy atom. The van der Waals surface area contributed by atoms with Crippen molar-refractivity contribution in [3.8, 4) is 17.2 Å². The van der Waals surface area contributed by atoms with Crippen molar-refractivity contribution >= 4 is 11.9 Å². The van der Waals surface area contributed by atoms with Crippen molar-refractivity contribution in [1.82, 2.24) is 5.32 Å². The van der Waals surface area contributed by atoms with Crippen molar-refractivity contribution in [3.63, 3.8) is 0 Å². The summed E-state index contributed by atoms with van der Waals surface area (Å²) in [7, 11) is 1.59. The summed E-state index contributed by atoms with van der Waals surface area (Å²) in [5, 5.41) is 2.75. The molecule has 6 nitrogen and oxygen atoms in total. The fraction of sp³-hybridized carbons (Fsp3) is 0.167. The normalized spacial score (nSPS) is 12.2. The average Bonchev–Trinajstić information content (AvgIpc) is 2.79. The molecule has 0 bridgehead atoms. The fourth-order valence-electron chi connectivity index (χ4n) is 3.42. The highest BCUT2D eigenvalue weighted by Crippen LogP contribution is 2.44. The number of hydrogen-bond acceptors (Lipinski definition) is 5. The summed E-state index contributed by atoms with van der Waals surface area (Å²) >= 11 is 0. The summed E-state index contributed by atoms with van der Waals surface area (Å²) in [5.41, 5.74) is 2.33. The van der Waals surface area contributed by atoms with Gasteiger partial charge in [0.05, 0.1) is 7.11 Å². The molecule has 0 spiro atoms. The summed E-state index contributed by atoms with van der Waals surface area (Å²) in [5.74, 6) is 0.429. The molecule has 0 unspecified atom stereocenters. The van der Waals surface area contributed by atoms with Crippen LogP contribution < -0.4 is 14.8 Å². The quantitative estimate of drug-likeness (QED) is 0.634. The molecule has 1 amide bonds. The number of esters is 1. The minimum Gasteiger partial charge on any atom is -0.497 e. The summed E-state index contributed by atoms with van der Waals surface area (Å²) in [6.45, 7) is -0.0407. The number of amides is 1. The minimum atomic E-state index is -0.641. The zero-order chi connectivity index (χ0) is 20.9. The van der Waals surface area contributed by atoms with Crippen molar-refractivity contribution in [1.29, 1.82) is 0 Å². The zero-order valence-electron chi connectivity index (χ0n) is 16.5. The standard InChI is InChI=1S/C24H21NO5/c1-28-17-8-6-7-16(13-17)14-25-22(26)15-29-24(27)23-18-9-2-4-11-20(18)30-21-12-5-3-10-19(21)23/h2-13,23H,14-15H2,1H3,(H,25,26). The van der Waals surface area contributed by atoms with E-state index in [-0.39, 0.29) is 12.5 Å². The third-order valence-electron chi connectivity index (χ3n) is 4.89. The predicted molar refractivity (Wildman–Crippen MR) is 111 cm³/mol. The highest BCUT2D eigenvalue weighted by molar-refractivity contribution is 5.87. The van der Waals surface area contributed by atoms with Crippen LogP contribution in [-0.4, -0.2) is 25.6 Å². The molecule has 1 N–H and O–H groups in total. The van der Waals surface area contributed by atoms with E-state index in [1.54, 1.807) is 7.11 Å². The maximum absolute atomic E-state index is 12.9. The number of para-hydroxylation sites is 2. The van der Waals surface area contributed by atoms with Crippen LogP contribution in [0.3, 0.4) is 0 Å². The van der Waals surface area contributed by atoms with E-state index in [1.165, 1.54) is 0 Å². The van der Waals surface area contributed by atoms with Gasteiger partial charge in [-0.1, -0.05) is 48.5 Å². The third kappa shape index (κ3) is 4.12. The molecule has 6 heteroatoms. The lowest BCUT2D eigenvalue weighted by Gasteiger charge is -2.26. The Morgan fingerprint density at radius 2 is 1.60 bits per heavy atom. The first-order valence-corrected chi connectivity index (χ1v) is 9.57. The predicted octanol–water partition coefficient (Wildman–Crippen LogP) is 3.79. The van der Waals surface area contributed by atoms with Gasteiger partial charge in [-0.15, -0.1) is 0 Å². The molecule has 4 rings (SSSR count). The molecule has 3 aromatic rings. The van der Waals surface area contributed by atoms with E-state index >= 15 is 0 Å². The highest BCUT2D eigenvalue weighted by atomic mass is 16.5. The monoisotopic (exact) mass is 403 g/mol. The number of nitrogens with one attached hydrogen (secondary N) is 1. The Hall–Kier alpha value is -3.80. The fourth-order valence-corrected chi connectivity index (χ4v) is 3.42. The van der Waals surface area contributed by atoms with E-state index in [4.69, 9.17) is 14.2 Å². The van der Waals surface area contributed by atoms with Crippen molar-refractivity contribution in [3.05, 3.63) is 89.5 Å². The molecule has 1 aliphatic rings. The highest BCUT2D eigenvalue weighted by Gasteiger charge is 2.33. The number of methoxy groups -OCH3 is 1. The smallest absolute Gasteiger partial charge is 0.318 e. The molecule has 152 valence electrons. The van der Waals surface area contributed by atoms with Gasteiger partial charge in [-0.05, 0) is 29.8 Å². The van der Waals surface area contributed by atoms with Gasteiger partial charge >= 0.3 is 5.97 Å². The van der Waals surface area contributed by atoms with E-state index in [9.17, 15) is 9.59 Å². The van der Waals surface area contributed by atoms with Gasteiger partial charge in [-0.2, -0.15) is 0 Å². The zero-order valence-corrected chi connectivity index (χ0v) is 16.5. The van der Waals surface area contributed by atoms with Crippen LogP contribution in [0.2, 0.25) is 0 Å². The number of fused-ring (bicyclic) bond motifs is 2. The molecule has 0 saturated heterocycles. The van der Waals surface area contributed by atoms with Gasteiger partial charge in [0.25, 0.3) is 5.91 Å². The Balaban J connectivity index is 1.41. The molecule has 0 aliphatic carbocycles. The minimum absolute atomic E-state index is 0.316. The van der Waals surface area contributed by atoms with E-state index in [0.29, 0.717) is 23.8 Å². The summed E-state index contributed by atoms with van der Waals surface area (Å²) in [4.78, 5) is 25.1. The average molecular weight is 403 g/mol. The molecule has 0 aromatic heterocycles. The van der Waals surface area contributed by atoms with Crippen LogP contribution in [-0.2, 0) is 20.9 Å². The number of benzene rings is 3. The second-order valence-corrected chi connectivity index (χ2v) is 6.85. The molecular weight excluding hydrogens is 382 g/mol. The molecular formula is C24H21NO5. The molecule has 30 heavy (non-hydrogen) atoms. The van der Waals surface area contributed by atoms with Crippen molar-refractivity contribution < 1.29 is 23.8 Å². The maximum Gasteiger partial charge on any atom is 0.318 e. The van der Waals surface area contributed by atoms with Crippen LogP contribution >= 0.6 is 0 Å². The molecule has 1 aliphatic heterocycles. The van der Waals surface area contributed by atoms with Gasteiger partial charge < -0.3 is 19.5 Å². The molecule has 0 fully saturated rings. The van der Waals surface area contributed by atoms with Gasteiger partial charge in [0.2, 0.25) is 0 Å². The van der Waals surface area contributed by atoms with Gasteiger partial charge in [0, 0.05) is 17.7 Å². The second-order valence-electron chi connectivity index (χ2n) is 6.85. The van der Waals surface area contributed by atoms with Crippen LogP contribution in [0.4, 0.5) is 0 Å². The number of carbonyl (C=O) groups excluding carboxylic acids is 2. The molecule has 0 saturated carbocycles. The van der Waals surface area contributed by atoms with Crippen molar-refractivity contribution in [2.24, 2.45) is 0 Å². The third-order valence-corrected chi connectivity index (χ3v) is 4.89. The lowest BCUT2D eigenvalue weighted by molar-refractivity contribution is -0.149. The first-order chi connectivity index (χ1) is 14.7. The van der Waals surface area contributed by atoms with Crippen LogP contribution in [0.5, 0.6) is 17.2 Å². The van der Waals surface area contributed by atoms with E-state index < -0.39 is 11.9 Å². The lowest BCUT2D eigenvalue weighted by Crippen LogP contribution is -2.30. The Morgan fingerprint density at radius 3 is 2.27 bits per heavy atom. The van der Waals surface area contributed by atoms with Crippen LogP contribution in [0, 0.1) is 0 Å². The van der Waals surface area contributed by atoms with E-state index in [0.717, 1.165) is 16.7 Å². The second kappa shape index (κ2) is 8.69. The van der Waals surface area contributed by atoms with Crippen molar-refractivity contribution in [2.75, 3.05) is 13.7 Å². The van der Waals surface area contributed by atoms with Crippen LogP contribution in [0.15, 0.2) is 72.8 Å². The van der Waals surface area contributed by atoms with Crippen LogP contribution in [0.1, 0.15) is 22.6 Å². The van der Waals surface area contributed by atoms with Gasteiger partial charge in [0.1, 0.15) is 23.2 Å². The van der Waals surface area contributed by atoms with E-state index in [1.807, 2.05) is 72.8 Å². The van der Waals surface area contributed by atoms with E-state index in [2.05, 4.69) is 5.32 Å². The summed E-state index contributed by atoms with van der Waals surface area (Å²) in [6, 6.07) is 22.1. The van der Waals surface area contributed by atoms with Crippen molar-refractivity contribution in [2.45, 2.75) is 12.5 Å². The lowest BCUT2D eigenvalue weighted by atomic mass is 9.88. The molecule has 3 aromatic carbocycles. The molecule has 0 radical (unpaired) electrons. The first kappa shape index (κ1) is 19.5. The summed E-state index contributed by atoms with van der Waals surface area (Å²) < 4.78 is 16.4. The van der Waals surface area contributed by atoms with Gasteiger partial charge in [-0.3, -0.25) is 9.59 Å². The van der Waals surface area contributed by atoms with Crippen LogP contribution in [0.25, 0.3) is 0 Å². The summed E-state index contributed by atoms with van der Waals surface area (Å²) in [6.07, 6.45) is 0. The number of ether oxygens (including phenoxy) is 3. The Bertz CT molecular complexity index is 1030. The maximum atomic E-state index is 12.9. The number of carbonyl (C=O) groups is 2. The largest absolute Gasteiger partial charge is 0.497 e. The van der Waals surface area contributed by atoms with Gasteiger partial charge in [0.15, 0.2) is 6.61 Å². The molecule has 1 heterocycles. The topological polar surface area (TPSA) is 73.9 Å². The van der Waals surface area contributed by atoms with Gasteiger partial charge in [-0.25, -0.2) is 0 Å². The SMILES string of the molecule is COc1cccc(CNC(=O)COC(=O)C2c3ccccc3Oc3ccccc32)c1. The Kier molecular flexibility index (Phi) is 5.66. The molecule has 0 atom stereocenters. The first-order valence-electron chi connectivity index (χ1n) is 9.57. The number of rotatable bonds is 6. The number of hydrogen-bond donors (Lipinski definition) is 1.